The molecule has 0 amide bonds. The zero-order valence-electron chi connectivity index (χ0n) is 11.4. The van der Waals surface area contributed by atoms with Gasteiger partial charge < -0.3 is 4.74 Å². The highest BCUT2D eigenvalue weighted by Crippen LogP contribution is 2.23. The van der Waals surface area contributed by atoms with Crippen molar-refractivity contribution in [1.82, 2.24) is 0 Å². The molecule has 1 aliphatic heterocycles. The molecule has 0 aromatic heterocycles. The Morgan fingerprint density at radius 3 is 2.24 bits per heavy atom. The second-order valence-corrected chi connectivity index (χ2v) is 5.33. The summed E-state index contributed by atoms with van der Waals surface area (Å²) in [5.41, 5.74) is 4.98. The predicted molar refractivity (Wildman–Crippen MR) is 71.8 cm³/mol. The van der Waals surface area contributed by atoms with Gasteiger partial charge in [-0.25, -0.2) is 4.99 Å². The van der Waals surface area contributed by atoms with Crippen molar-refractivity contribution in [3.63, 3.8) is 0 Å². The molecule has 0 spiro atoms. The summed E-state index contributed by atoms with van der Waals surface area (Å²) in [6, 6.07) is 4.69. The molecule has 1 aromatic carbocycles. The van der Waals surface area contributed by atoms with Gasteiger partial charge in [0.05, 0.1) is 6.04 Å². The van der Waals surface area contributed by atoms with Crippen molar-refractivity contribution in [2.24, 2.45) is 10.9 Å². The van der Waals surface area contributed by atoms with Crippen LogP contribution in [0.15, 0.2) is 17.1 Å². The molecule has 0 aliphatic carbocycles. The number of nitrogens with zero attached hydrogens (tertiary/aromatic N) is 1. The van der Waals surface area contributed by atoms with E-state index in [-0.39, 0.29) is 0 Å². The Morgan fingerprint density at radius 1 is 1.18 bits per heavy atom. The second-order valence-electron chi connectivity index (χ2n) is 5.33. The molecular formula is C15H21NO. The third kappa shape index (κ3) is 2.36. The van der Waals surface area contributed by atoms with Crippen molar-refractivity contribution in [3.8, 4) is 0 Å². The van der Waals surface area contributed by atoms with E-state index >= 15 is 0 Å². The minimum absolute atomic E-state index is 0.310. The van der Waals surface area contributed by atoms with Crippen molar-refractivity contribution >= 4 is 5.90 Å². The van der Waals surface area contributed by atoms with E-state index in [0.717, 1.165) is 12.5 Å². The predicted octanol–water partition coefficient (Wildman–Crippen LogP) is 3.41. The Bertz CT molecular complexity index is 437. The number of hydrogen-bond acceptors (Lipinski definition) is 2. The normalized spacial score (nSPS) is 19.4. The van der Waals surface area contributed by atoms with Crippen molar-refractivity contribution in [1.29, 1.82) is 0 Å². The number of hydrogen-bond donors (Lipinski definition) is 0. The minimum atomic E-state index is 0.310. The fourth-order valence-corrected chi connectivity index (χ4v) is 2.39. The first-order valence-electron chi connectivity index (χ1n) is 6.28. The van der Waals surface area contributed by atoms with Gasteiger partial charge in [0.1, 0.15) is 6.61 Å². The zero-order chi connectivity index (χ0) is 12.6. The number of aryl methyl sites for hydroxylation is 3. The number of rotatable bonds is 2. The van der Waals surface area contributed by atoms with E-state index in [4.69, 9.17) is 9.73 Å². The van der Waals surface area contributed by atoms with Crippen molar-refractivity contribution < 1.29 is 4.74 Å². The van der Waals surface area contributed by atoms with Crippen LogP contribution in [0.3, 0.4) is 0 Å². The maximum atomic E-state index is 5.76. The Hall–Kier alpha value is -1.31. The van der Waals surface area contributed by atoms with Crippen LogP contribution in [0.25, 0.3) is 0 Å². The van der Waals surface area contributed by atoms with Gasteiger partial charge in [0.25, 0.3) is 0 Å². The Kier molecular flexibility index (Phi) is 3.23. The van der Waals surface area contributed by atoms with E-state index in [1.807, 2.05) is 0 Å². The third-order valence-electron chi connectivity index (χ3n) is 3.33. The van der Waals surface area contributed by atoms with Crippen LogP contribution in [-0.4, -0.2) is 18.5 Å². The summed E-state index contributed by atoms with van der Waals surface area (Å²) in [6.45, 7) is 11.5. The molecule has 1 aliphatic rings. The van der Waals surface area contributed by atoms with Gasteiger partial charge in [-0.3, -0.25) is 0 Å². The molecule has 1 unspecified atom stereocenters. The van der Waals surface area contributed by atoms with Crippen molar-refractivity contribution in [2.45, 2.75) is 40.7 Å². The Morgan fingerprint density at radius 2 is 1.76 bits per heavy atom. The van der Waals surface area contributed by atoms with Crippen LogP contribution < -0.4 is 0 Å². The van der Waals surface area contributed by atoms with Crippen molar-refractivity contribution in [2.75, 3.05) is 6.61 Å². The van der Waals surface area contributed by atoms with E-state index < -0.39 is 0 Å². The zero-order valence-corrected chi connectivity index (χ0v) is 11.4. The summed E-state index contributed by atoms with van der Waals surface area (Å²) < 4.78 is 5.76. The van der Waals surface area contributed by atoms with Gasteiger partial charge >= 0.3 is 0 Å². The topological polar surface area (TPSA) is 21.6 Å². The van der Waals surface area contributed by atoms with Gasteiger partial charge in [-0.1, -0.05) is 31.5 Å². The highest BCUT2D eigenvalue weighted by Gasteiger charge is 2.24. The van der Waals surface area contributed by atoms with Crippen LogP contribution in [0.5, 0.6) is 0 Å². The van der Waals surface area contributed by atoms with Crippen LogP contribution in [0.2, 0.25) is 0 Å². The van der Waals surface area contributed by atoms with Gasteiger partial charge in [0, 0.05) is 5.56 Å². The van der Waals surface area contributed by atoms with Gasteiger partial charge in [0.15, 0.2) is 0 Å². The van der Waals surface area contributed by atoms with E-state index in [1.165, 1.54) is 22.3 Å². The summed E-state index contributed by atoms with van der Waals surface area (Å²) in [5, 5.41) is 0. The molecule has 0 fully saturated rings. The SMILES string of the molecule is Cc1cc(C)c(C2=NC(C(C)C)CO2)c(C)c1. The lowest BCUT2D eigenvalue weighted by Gasteiger charge is -2.10. The second kappa shape index (κ2) is 4.52. The largest absolute Gasteiger partial charge is 0.475 e. The molecule has 1 heterocycles. The van der Waals surface area contributed by atoms with Crippen LogP contribution >= 0.6 is 0 Å². The summed E-state index contributed by atoms with van der Waals surface area (Å²) in [6.07, 6.45) is 0. The molecular weight excluding hydrogens is 210 g/mol. The first kappa shape index (κ1) is 12.2. The lowest BCUT2D eigenvalue weighted by molar-refractivity contribution is 0.291. The summed E-state index contributed by atoms with van der Waals surface area (Å²) in [7, 11) is 0. The van der Waals surface area contributed by atoms with Gasteiger partial charge in [-0.2, -0.15) is 0 Å². The fourth-order valence-electron chi connectivity index (χ4n) is 2.39. The Balaban J connectivity index is 2.39. The average molecular weight is 231 g/mol. The van der Waals surface area contributed by atoms with Gasteiger partial charge in [-0.15, -0.1) is 0 Å². The summed E-state index contributed by atoms with van der Waals surface area (Å²) in [5.74, 6) is 1.37. The summed E-state index contributed by atoms with van der Waals surface area (Å²) in [4.78, 5) is 4.70. The Labute approximate surface area is 104 Å². The molecule has 0 saturated heterocycles. The van der Waals surface area contributed by atoms with Crippen LogP contribution in [0, 0.1) is 26.7 Å². The van der Waals surface area contributed by atoms with Crippen molar-refractivity contribution in [3.05, 3.63) is 34.4 Å². The lowest BCUT2D eigenvalue weighted by atomic mass is 10.00. The molecule has 1 aromatic rings. The van der Waals surface area contributed by atoms with E-state index in [0.29, 0.717) is 12.0 Å². The van der Waals surface area contributed by atoms with Gasteiger partial charge in [-0.05, 0) is 37.8 Å². The van der Waals surface area contributed by atoms with Crippen LogP contribution in [-0.2, 0) is 4.74 Å². The molecule has 17 heavy (non-hydrogen) atoms. The quantitative estimate of drug-likeness (QED) is 0.764. The lowest BCUT2D eigenvalue weighted by Crippen LogP contribution is -2.13. The average Bonchev–Trinajstić information content (AvgIpc) is 2.65. The molecule has 0 bridgehead atoms. The molecule has 0 radical (unpaired) electrons. The first-order chi connectivity index (χ1) is 7.99. The van der Waals surface area contributed by atoms with Crippen LogP contribution in [0.1, 0.15) is 36.1 Å². The number of aliphatic imine (C=N–C) groups is 1. The van der Waals surface area contributed by atoms with Gasteiger partial charge in [0.2, 0.25) is 5.90 Å². The maximum Gasteiger partial charge on any atom is 0.217 e. The highest BCUT2D eigenvalue weighted by atomic mass is 16.5. The molecule has 92 valence electrons. The third-order valence-corrected chi connectivity index (χ3v) is 3.33. The highest BCUT2D eigenvalue weighted by molar-refractivity contribution is 5.98. The van der Waals surface area contributed by atoms with E-state index in [9.17, 15) is 0 Å². The number of ether oxygens (including phenoxy) is 1. The molecule has 2 rings (SSSR count). The molecule has 2 heteroatoms. The van der Waals surface area contributed by atoms with Crippen LogP contribution in [0.4, 0.5) is 0 Å². The molecule has 2 nitrogen and oxygen atoms in total. The minimum Gasteiger partial charge on any atom is -0.475 e. The van der Waals surface area contributed by atoms with E-state index in [1.54, 1.807) is 0 Å². The molecule has 0 saturated carbocycles. The van der Waals surface area contributed by atoms with E-state index in [2.05, 4.69) is 46.8 Å². The monoisotopic (exact) mass is 231 g/mol. The first-order valence-corrected chi connectivity index (χ1v) is 6.28. The number of benzene rings is 1. The standard InChI is InChI=1S/C15H21NO/c1-9(2)13-8-17-15(16-13)14-11(4)6-10(3)7-12(14)5/h6-7,9,13H,8H2,1-5H3. The summed E-state index contributed by atoms with van der Waals surface area (Å²) >= 11 is 0. The smallest absolute Gasteiger partial charge is 0.217 e. The fraction of sp³-hybridized carbons (Fsp3) is 0.533. The molecule has 0 N–H and O–H groups in total. The maximum absolute atomic E-state index is 5.76. The molecule has 1 atom stereocenters.